The minimum atomic E-state index is -0.474. The molecule has 1 atom stereocenters. The zero-order valence-corrected chi connectivity index (χ0v) is 11.0. The fourth-order valence-corrected chi connectivity index (χ4v) is 2.22. The van der Waals surface area contributed by atoms with Crippen molar-refractivity contribution in [2.45, 2.75) is 25.8 Å². The molecule has 6 heteroatoms. The minimum absolute atomic E-state index is 0.0679. The van der Waals surface area contributed by atoms with Gasteiger partial charge in [-0.2, -0.15) is 0 Å². The van der Waals surface area contributed by atoms with Crippen LogP contribution < -0.4 is 10.9 Å². The molecular weight excluding hydrogens is 246 g/mol. The summed E-state index contributed by atoms with van der Waals surface area (Å²) in [7, 11) is 1.73. The Kier molecular flexibility index (Phi) is 3.69. The van der Waals surface area contributed by atoms with Gasteiger partial charge in [0.25, 0.3) is 5.91 Å². The van der Waals surface area contributed by atoms with Gasteiger partial charge in [-0.1, -0.05) is 0 Å². The Balaban J connectivity index is 2.12. The fraction of sp³-hybridized carbons (Fsp3) is 0.462. The Hall–Kier alpha value is -2.11. The van der Waals surface area contributed by atoms with Crippen LogP contribution >= 0.6 is 0 Å². The Bertz CT molecular complexity index is 564. The number of carbonyl (C=O) groups excluding carboxylic acids is 2. The number of aryl methyl sites for hydroxylation is 1. The van der Waals surface area contributed by atoms with Gasteiger partial charge < -0.3 is 15.2 Å². The molecule has 1 fully saturated rings. The molecular formula is C13H17N3O3. The molecule has 2 rings (SSSR count). The highest BCUT2D eigenvalue weighted by molar-refractivity contribution is 5.98. The summed E-state index contributed by atoms with van der Waals surface area (Å²) in [4.78, 5) is 39.2. The van der Waals surface area contributed by atoms with Crippen molar-refractivity contribution in [1.82, 2.24) is 15.2 Å². The molecule has 1 aromatic rings. The van der Waals surface area contributed by atoms with Crippen LogP contribution in [0, 0.1) is 6.92 Å². The lowest BCUT2D eigenvalue weighted by Gasteiger charge is -2.29. The number of carbonyl (C=O) groups is 2. The quantitative estimate of drug-likeness (QED) is 0.790. The summed E-state index contributed by atoms with van der Waals surface area (Å²) in [5, 5.41) is 2.72. The summed E-state index contributed by atoms with van der Waals surface area (Å²) < 4.78 is 0. The SMILES string of the molecule is Cc1cc(=O)[nH]cc1C(=O)NC1CCCN(C)C1=O. The number of amides is 2. The number of likely N-dealkylation sites (tertiary alicyclic amines) is 1. The molecule has 2 amide bonds. The molecule has 1 aliphatic rings. The first-order chi connectivity index (χ1) is 8.99. The van der Waals surface area contributed by atoms with Crippen LogP contribution in [0.25, 0.3) is 0 Å². The molecule has 2 N–H and O–H groups in total. The summed E-state index contributed by atoms with van der Waals surface area (Å²) in [6.07, 6.45) is 2.90. The Labute approximate surface area is 110 Å². The molecule has 102 valence electrons. The third-order valence-corrected chi connectivity index (χ3v) is 3.34. The first kappa shape index (κ1) is 13.3. The molecule has 1 saturated heterocycles. The second-order valence-electron chi connectivity index (χ2n) is 4.82. The van der Waals surface area contributed by atoms with Crippen molar-refractivity contribution < 1.29 is 9.59 Å². The van der Waals surface area contributed by atoms with Gasteiger partial charge in [0.05, 0.1) is 5.56 Å². The lowest BCUT2D eigenvalue weighted by Crippen LogP contribution is -2.50. The first-order valence-corrected chi connectivity index (χ1v) is 6.24. The predicted molar refractivity (Wildman–Crippen MR) is 69.9 cm³/mol. The molecule has 2 heterocycles. The van der Waals surface area contributed by atoms with Crippen molar-refractivity contribution in [3.05, 3.63) is 33.7 Å². The number of H-pyrrole nitrogens is 1. The van der Waals surface area contributed by atoms with Crippen molar-refractivity contribution in [2.75, 3.05) is 13.6 Å². The van der Waals surface area contributed by atoms with Gasteiger partial charge in [-0.3, -0.25) is 14.4 Å². The highest BCUT2D eigenvalue weighted by Gasteiger charge is 2.28. The Morgan fingerprint density at radius 3 is 2.89 bits per heavy atom. The van der Waals surface area contributed by atoms with Gasteiger partial charge in [-0.25, -0.2) is 0 Å². The summed E-state index contributed by atoms with van der Waals surface area (Å²) in [5.74, 6) is -0.399. The van der Waals surface area contributed by atoms with Gasteiger partial charge in [0, 0.05) is 25.9 Å². The van der Waals surface area contributed by atoms with Crippen molar-refractivity contribution >= 4 is 11.8 Å². The molecule has 1 unspecified atom stereocenters. The van der Waals surface area contributed by atoms with Gasteiger partial charge in [0.2, 0.25) is 11.5 Å². The third-order valence-electron chi connectivity index (χ3n) is 3.34. The molecule has 0 radical (unpaired) electrons. The van der Waals surface area contributed by atoms with Gasteiger partial charge in [0.15, 0.2) is 0 Å². The number of rotatable bonds is 2. The maximum absolute atomic E-state index is 12.1. The van der Waals surface area contributed by atoms with E-state index in [2.05, 4.69) is 10.3 Å². The second kappa shape index (κ2) is 5.26. The van der Waals surface area contributed by atoms with Crippen LogP contribution in [0.4, 0.5) is 0 Å². The maximum atomic E-state index is 12.1. The molecule has 0 aromatic carbocycles. The average molecular weight is 263 g/mol. The van der Waals surface area contributed by atoms with E-state index in [0.717, 1.165) is 13.0 Å². The number of piperidine rings is 1. The van der Waals surface area contributed by atoms with E-state index in [-0.39, 0.29) is 17.4 Å². The number of pyridine rings is 1. The normalized spacial score (nSPS) is 19.4. The van der Waals surface area contributed by atoms with Crippen LogP contribution in [-0.2, 0) is 4.79 Å². The minimum Gasteiger partial charge on any atom is -0.344 e. The molecule has 6 nitrogen and oxygen atoms in total. The predicted octanol–water partition coefficient (Wildman–Crippen LogP) is 0.0339. The number of nitrogens with zero attached hydrogens (tertiary/aromatic N) is 1. The van der Waals surface area contributed by atoms with E-state index >= 15 is 0 Å². The first-order valence-electron chi connectivity index (χ1n) is 6.24. The third kappa shape index (κ3) is 2.83. The Morgan fingerprint density at radius 1 is 1.47 bits per heavy atom. The number of hydrogen-bond acceptors (Lipinski definition) is 3. The van der Waals surface area contributed by atoms with E-state index in [4.69, 9.17) is 0 Å². The zero-order chi connectivity index (χ0) is 14.0. The smallest absolute Gasteiger partial charge is 0.253 e. The largest absolute Gasteiger partial charge is 0.344 e. The lowest BCUT2D eigenvalue weighted by atomic mass is 10.0. The monoisotopic (exact) mass is 263 g/mol. The van der Waals surface area contributed by atoms with Crippen LogP contribution in [0.5, 0.6) is 0 Å². The average Bonchev–Trinajstić information content (AvgIpc) is 2.34. The lowest BCUT2D eigenvalue weighted by molar-refractivity contribution is -0.134. The summed E-state index contributed by atoms with van der Waals surface area (Å²) in [6, 6.07) is 0.890. The van der Waals surface area contributed by atoms with Crippen molar-refractivity contribution in [1.29, 1.82) is 0 Å². The van der Waals surface area contributed by atoms with Crippen LogP contribution in [0.2, 0.25) is 0 Å². The summed E-state index contributed by atoms with van der Waals surface area (Å²) in [5.41, 5.74) is 0.737. The van der Waals surface area contributed by atoms with E-state index < -0.39 is 6.04 Å². The number of hydrogen-bond donors (Lipinski definition) is 2. The van der Waals surface area contributed by atoms with Gasteiger partial charge in [-0.15, -0.1) is 0 Å². The molecule has 1 aromatic heterocycles. The topological polar surface area (TPSA) is 82.3 Å². The van der Waals surface area contributed by atoms with Crippen LogP contribution in [0.3, 0.4) is 0 Å². The van der Waals surface area contributed by atoms with Crippen LogP contribution in [-0.4, -0.2) is 41.3 Å². The zero-order valence-electron chi connectivity index (χ0n) is 11.0. The van der Waals surface area contributed by atoms with Gasteiger partial charge in [-0.05, 0) is 25.3 Å². The van der Waals surface area contributed by atoms with E-state index in [1.165, 1.54) is 12.3 Å². The fourth-order valence-electron chi connectivity index (χ4n) is 2.22. The number of aromatic amines is 1. The summed E-state index contributed by atoms with van der Waals surface area (Å²) >= 11 is 0. The molecule has 19 heavy (non-hydrogen) atoms. The molecule has 1 aliphatic heterocycles. The molecule has 0 aliphatic carbocycles. The highest BCUT2D eigenvalue weighted by Crippen LogP contribution is 2.11. The highest BCUT2D eigenvalue weighted by atomic mass is 16.2. The molecule has 0 bridgehead atoms. The van der Waals surface area contributed by atoms with Crippen LogP contribution in [0.15, 0.2) is 17.1 Å². The Morgan fingerprint density at radius 2 is 2.21 bits per heavy atom. The molecule has 0 spiro atoms. The number of aromatic nitrogens is 1. The van der Waals surface area contributed by atoms with E-state index in [1.54, 1.807) is 18.9 Å². The maximum Gasteiger partial charge on any atom is 0.253 e. The second-order valence-corrected chi connectivity index (χ2v) is 4.82. The van der Waals surface area contributed by atoms with Gasteiger partial charge >= 0.3 is 0 Å². The van der Waals surface area contributed by atoms with Crippen LogP contribution in [0.1, 0.15) is 28.8 Å². The van der Waals surface area contributed by atoms with Crippen molar-refractivity contribution in [3.8, 4) is 0 Å². The van der Waals surface area contributed by atoms with Crippen molar-refractivity contribution in [2.24, 2.45) is 0 Å². The number of nitrogens with one attached hydrogen (secondary N) is 2. The standard InChI is InChI=1S/C13H17N3O3/c1-8-6-11(17)14-7-9(8)12(18)15-10-4-3-5-16(2)13(10)19/h6-7,10H,3-5H2,1-2H3,(H,14,17)(H,15,18). The number of likely N-dealkylation sites (N-methyl/N-ethyl adjacent to an activating group) is 1. The van der Waals surface area contributed by atoms with E-state index in [0.29, 0.717) is 17.5 Å². The molecule has 0 saturated carbocycles. The van der Waals surface area contributed by atoms with E-state index in [9.17, 15) is 14.4 Å². The summed E-state index contributed by atoms with van der Waals surface area (Å²) in [6.45, 7) is 2.42. The van der Waals surface area contributed by atoms with E-state index in [1.807, 2.05) is 0 Å². The van der Waals surface area contributed by atoms with Gasteiger partial charge in [0.1, 0.15) is 6.04 Å². The van der Waals surface area contributed by atoms with Crippen molar-refractivity contribution in [3.63, 3.8) is 0 Å².